The summed E-state index contributed by atoms with van der Waals surface area (Å²) in [4.78, 5) is 9.38. The average Bonchev–Trinajstić information content (AvgIpc) is 2.48. The van der Waals surface area contributed by atoms with Gasteiger partial charge in [-0.2, -0.15) is 0 Å². The summed E-state index contributed by atoms with van der Waals surface area (Å²) in [5.74, 6) is 1.98. The number of nitrogens with zero attached hydrogens (tertiary/aromatic N) is 3. The highest BCUT2D eigenvalue weighted by Gasteiger charge is 2.22. The Hall–Kier alpha value is -1.13. The van der Waals surface area contributed by atoms with Crippen molar-refractivity contribution in [3.05, 3.63) is 23.9 Å². The zero-order valence-electron chi connectivity index (χ0n) is 13.8. The van der Waals surface area contributed by atoms with Gasteiger partial charge in [0.15, 0.2) is 0 Å². The topological polar surface area (TPSA) is 45.4 Å². The predicted molar refractivity (Wildman–Crippen MR) is 89.7 cm³/mol. The second kappa shape index (κ2) is 7.76. The minimum absolute atomic E-state index is 0.235. The number of hydrogen-bond donors (Lipinski definition) is 1. The van der Waals surface area contributed by atoms with Crippen molar-refractivity contribution in [2.45, 2.75) is 38.6 Å². The molecule has 0 amide bonds. The van der Waals surface area contributed by atoms with E-state index in [1.807, 2.05) is 12.3 Å². The molecule has 0 bridgehead atoms. The van der Waals surface area contributed by atoms with E-state index >= 15 is 0 Å². The molecule has 0 saturated carbocycles. The van der Waals surface area contributed by atoms with Crippen LogP contribution in [0, 0.1) is 5.92 Å². The van der Waals surface area contributed by atoms with E-state index in [4.69, 9.17) is 5.73 Å². The lowest BCUT2D eigenvalue weighted by Crippen LogP contribution is -2.38. The van der Waals surface area contributed by atoms with Gasteiger partial charge in [-0.15, -0.1) is 0 Å². The summed E-state index contributed by atoms with van der Waals surface area (Å²) in [5, 5.41) is 0. The van der Waals surface area contributed by atoms with Crippen LogP contribution in [-0.2, 0) is 6.42 Å². The molecule has 1 fully saturated rings. The Kier molecular flexibility index (Phi) is 6.00. The summed E-state index contributed by atoms with van der Waals surface area (Å²) in [6.07, 6.45) is 6.36. The lowest BCUT2D eigenvalue weighted by atomic mass is 9.95. The van der Waals surface area contributed by atoms with Gasteiger partial charge in [0.25, 0.3) is 0 Å². The van der Waals surface area contributed by atoms with Crippen LogP contribution in [-0.4, -0.2) is 49.7 Å². The first-order valence-electron chi connectivity index (χ1n) is 8.19. The molecule has 0 spiro atoms. The SMILES string of the molecule is CCC(N)Cc1cccnc1N1CCC(CN(C)C)CC1. The number of aromatic nitrogens is 1. The highest BCUT2D eigenvalue weighted by Crippen LogP contribution is 2.25. The van der Waals surface area contributed by atoms with E-state index in [1.54, 1.807) is 0 Å². The number of nitrogens with two attached hydrogens (primary N) is 1. The fourth-order valence-electron chi connectivity index (χ4n) is 3.14. The Balaban J connectivity index is 1.99. The monoisotopic (exact) mass is 290 g/mol. The lowest BCUT2D eigenvalue weighted by molar-refractivity contribution is 0.284. The molecule has 0 aromatic carbocycles. The van der Waals surface area contributed by atoms with Crippen LogP contribution in [0.5, 0.6) is 0 Å². The van der Waals surface area contributed by atoms with Gasteiger partial charge >= 0.3 is 0 Å². The Labute approximate surface area is 129 Å². The largest absolute Gasteiger partial charge is 0.356 e. The molecule has 2 heterocycles. The number of rotatable bonds is 6. The molecule has 1 unspecified atom stereocenters. The summed E-state index contributed by atoms with van der Waals surface area (Å²) in [7, 11) is 4.32. The first-order valence-corrected chi connectivity index (χ1v) is 8.19. The van der Waals surface area contributed by atoms with Crippen LogP contribution in [0.15, 0.2) is 18.3 Å². The molecule has 1 aromatic rings. The first kappa shape index (κ1) is 16.2. The third-order valence-corrected chi connectivity index (χ3v) is 4.41. The van der Waals surface area contributed by atoms with Gasteiger partial charge in [0.05, 0.1) is 0 Å². The lowest BCUT2D eigenvalue weighted by Gasteiger charge is -2.35. The van der Waals surface area contributed by atoms with E-state index in [0.717, 1.165) is 37.7 Å². The van der Waals surface area contributed by atoms with E-state index in [0.29, 0.717) is 0 Å². The summed E-state index contributed by atoms with van der Waals surface area (Å²) < 4.78 is 0. The molecule has 0 aliphatic carbocycles. The van der Waals surface area contributed by atoms with Crippen molar-refractivity contribution >= 4 is 5.82 Å². The van der Waals surface area contributed by atoms with E-state index < -0.39 is 0 Å². The molecule has 1 aliphatic rings. The maximum Gasteiger partial charge on any atom is 0.131 e. The van der Waals surface area contributed by atoms with Crippen LogP contribution < -0.4 is 10.6 Å². The molecule has 21 heavy (non-hydrogen) atoms. The Morgan fingerprint density at radius 3 is 2.71 bits per heavy atom. The molecule has 118 valence electrons. The summed E-state index contributed by atoms with van der Waals surface area (Å²) in [6, 6.07) is 4.45. The molecular formula is C17H30N4. The Morgan fingerprint density at radius 1 is 1.38 bits per heavy atom. The van der Waals surface area contributed by atoms with Crippen molar-refractivity contribution in [3.63, 3.8) is 0 Å². The molecule has 4 heteroatoms. The van der Waals surface area contributed by atoms with Gasteiger partial charge in [0.2, 0.25) is 0 Å². The minimum Gasteiger partial charge on any atom is -0.356 e. The minimum atomic E-state index is 0.235. The van der Waals surface area contributed by atoms with Crippen LogP contribution in [0.3, 0.4) is 0 Å². The molecule has 2 rings (SSSR count). The molecule has 1 atom stereocenters. The quantitative estimate of drug-likeness (QED) is 0.872. The number of pyridine rings is 1. The van der Waals surface area contributed by atoms with Gasteiger partial charge in [-0.25, -0.2) is 4.98 Å². The fraction of sp³-hybridized carbons (Fsp3) is 0.706. The van der Waals surface area contributed by atoms with Crippen LogP contribution in [0.1, 0.15) is 31.7 Å². The second-order valence-electron chi connectivity index (χ2n) is 6.55. The molecule has 0 radical (unpaired) electrons. The Morgan fingerprint density at radius 2 is 2.10 bits per heavy atom. The fourth-order valence-corrected chi connectivity index (χ4v) is 3.14. The van der Waals surface area contributed by atoms with E-state index in [-0.39, 0.29) is 6.04 Å². The summed E-state index contributed by atoms with van der Waals surface area (Å²) >= 11 is 0. The highest BCUT2D eigenvalue weighted by molar-refractivity contribution is 5.47. The number of piperidine rings is 1. The van der Waals surface area contributed by atoms with Crippen molar-refractivity contribution < 1.29 is 0 Å². The molecule has 1 saturated heterocycles. The predicted octanol–water partition coefficient (Wildman–Crippen LogP) is 2.14. The summed E-state index contributed by atoms with van der Waals surface area (Å²) in [5.41, 5.74) is 7.43. The normalized spacial score (nSPS) is 18.2. The molecular weight excluding hydrogens is 260 g/mol. The first-order chi connectivity index (χ1) is 10.1. The molecule has 1 aliphatic heterocycles. The maximum atomic E-state index is 6.13. The Bertz CT molecular complexity index is 425. The van der Waals surface area contributed by atoms with E-state index in [9.17, 15) is 0 Å². The van der Waals surface area contributed by atoms with Crippen molar-refractivity contribution in [3.8, 4) is 0 Å². The van der Waals surface area contributed by atoms with Gasteiger partial charge in [-0.1, -0.05) is 13.0 Å². The standard InChI is InChI=1S/C17H30N4/c1-4-16(18)12-15-6-5-9-19-17(15)21-10-7-14(8-11-21)13-20(2)3/h5-6,9,14,16H,4,7-8,10-13,18H2,1-3H3. The summed E-state index contributed by atoms with van der Waals surface area (Å²) in [6.45, 7) is 5.57. The van der Waals surface area contributed by atoms with Crippen LogP contribution in [0.4, 0.5) is 5.82 Å². The molecule has 1 aromatic heterocycles. The maximum absolute atomic E-state index is 6.13. The average molecular weight is 290 g/mol. The van der Waals surface area contributed by atoms with Crippen molar-refractivity contribution in [2.24, 2.45) is 11.7 Å². The van der Waals surface area contributed by atoms with Gasteiger partial charge in [0.1, 0.15) is 5.82 Å². The smallest absolute Gasteiger partial charge is 0.131 e. The zero-order valence-corrected chi connectivity index (χ0v) is 13.8. The molecule has 2 N–H and O–H groups in total. The van der Waals surface area contributed by atoms with Gasteiger partial charge < -0.3 is 15.5 Å². The van der Waals surface area contributed by atoms with Crippen LogP contribution in [0.2, 0.25) is 0 Å². The van der Waals surface area contributed by atoms with E-state index in [2.05, 4.69) is 41.9 Å². The third-order valence-electron chi connectivity index (χ3n) is 4.41. The second-order valence-corrected chi connectivity index (χ2v) is 6.55. The zero-order chi connectivity index (χ0) is 15.2. The molecule has 4 nitrogen and oxygen atoms in total. The third kappa shape index (κ3) is 4.68. The van der Waals surface area contributed by atoms with Crippen molar-refractivity contribution in [1.82, 2.24) is 9.88 Å². The van der Waals surface area contributed by atoms with Gasteiger partial charge in [-0.3, -0.25) is 0 Å². The number of anilines is 1. The van der Waals surface area contributed by atoms with Crippen molar-refractivity contribution in [2.75, 3.05) is 38.6 Å². The van der Waals surface area contributed by atoms with E-state index in [1.165, 1.54) is 24.9 Å². The highest BCUT2D eigenvalue weighted by atomic mass is 15.2. The number of hydrogen-bond acceptors (Lipinski definition) is 4. The van der Waals surface area contributed by atoms with Crippen molar-refractivity contribution in [1.29, 1.82) is 0 Å². The van der Waals surface area contributed by atoms with Gasteiger partial charge in [0, 0.05) is 31.9 Å². The van der Waals surface area contributed by atoms with Crippen LogP contribution >= 0.6 is 0 Å². The van der Waals surface area contributed by atoms with Crippen LogP contribution in [0.25, 0.3) is 0 Å². The van der Waals surface area contributed by atoms with Gasteiger partial charge in [-0.05, 0) is 57.3 Å².